The van der Waals surface area contributed by atoms with Crippen molar-refractivity contribution in [1.82, 2.24) is 9.80 Å². The molecule has 2 atom stereocenters. The van der Waals surface area contributed by atoms with Gasteiger partial charge < -0.3 is 15.1 Å². The first-order chi connectivity index (χ1) is 7.18. The molecule has 2 heterocycles. The molecule has 2 N–H and O–H groups in total. The quantitative estimate of drug-likeness (QED) is 0.771. The van der Waals surface area contributed by atoms with E-state index in [1.165, 1.54) is 0 Å². The van der Waals surface area contributed by atoms with E-state index in [4.69, 9.17) is 10.2 Å². The van der Waals surface area contributed by atoms with Gasteiger partial charge in [0.2, 0.25) is 0 Å². The first kappa shape index (κ1) is 10.7. The molecule has 1 saturated heterocycles. The number of hydrogen-bond donors (Lipinski definition) is 1. The molecule has 1 aliphatic rings. The second kappa shape index (κ2) is 4.35. The highest BCUT2D eigenvalue weighted by Crippen LogP contribution is 2.21. The van der Waals surface area contributed by atoms with E-state index in [0.29, 0.717) is 6.04 Å². The summed E-state index contributed by atoms with van der Waals surface area (Å²) in [6.07, 6.45) is 3.43. The minimum Gasteiger partial charge on any atom is -0.472 e. The minimum absolute atomic E-state index is 0.0384. The maximum absolute atomic E-state index is 6.24. The van der Waals surface area contributed by atoms with Gasteiger partial charge in [-0.25, -0.2) is 0 Å². The van der Waals surface area contributed by atoms with Crippen LogP contribution in [-0.4, -0.2) is 49.6 Å². The van der Waals surface area contributed by atoms with Gasteiger partial charge in [-0.05, 0) is 20.2 Å². The zero-order valence-corrected chi connectivity index (χ0v) is 9.39. The molecule has 0 spiro atoms. The van der Waals surface area contributed by atoms with Crippen LogP contribution in [-0.2, 0) is 0 Å². The van der Waals surface area contributed by atoms with Crippen LogP contribution in [0.15, 0.2) is 23.0 Å². The molecule has 1 aromatic rings. The van der Waals surface area contributed by atoms with Crippen molar-refractivity contribution in [3.63, 3.8) is 0 Å². The number of rotatable bonds is 2. The van der Waals surface area contributed by atoms with E-state index in [1.54, 1.807) is 12.5 Å². The van der Waals surface area contributed by atoms with Crippen molar-refractivity contribution in [2.45, 2.75) is 12.1 Å². The van der Waals surface area contributed by atoms with Gasteiger partial charge in [0.1, 0.15) is 0 Å². The highest BCUT2D eigenvalue weighted by molar-refractivity contribution is 5.14. The molecule has 1 aliphatic heterocycles. The summed E-state index contributed by atoms with van der Waals surface area (Å²) in [6.45, 7) is 3.21. The molecule has 2 rings (SSSR count). The fourth-order valence-corrected chi connectivity index (χ4v) is 2.12. The van der Waals surface area contributed by atoms with Crippen LogP contribution in [0.5, 0.6) is 0 Å². The molecule has 0 amide bonds. The Morgan fingerprint density at radius 3 is 2.93 bits per heavy atom. The lowest BCUT2D eigenvalue weighted by atomic mass is 10.00. The molecule has 1 fully saturated rings. The monoisotopic (exact) mass is 209 g/mol. The van der Waals surface area contributed by atoms with E-state index in [-0.39, 0.29) is 6.04 Å². The molecular formula is C11H19N3O. The molecule has 15 heavy (non-hydrogen) atoms. The highest BCUT2D eigenvalue weighted by atomic mass is 16.3. The topological polar surface area (TPSA) is 45.6 Å². The summed E-state index contributed by atoms with van der Waals surface area (Å²) >= 11 is 0. The van der Waals surface area contributed by atoms with Crippen molar-refractivity contribution in [2.24, 2.45) is 5.73 Å². The Labute approximate surface area is 90.6 Å². The number of likely N-dealkylation sites (N-methyl/N-ethyl adjacent to an activating group) is 2. The van der Waals surface area contributed by atoms with Crippen molar-refractivity contribution in [1.29, 1.82) is 0 Å². The maximum atomic E-state index is 6.24. The Hall–Kier alpha value is -0.840. The van der Waals surface area contributed by atoms with E-state index >= 15 is 0 Å². The van der Waals surface area contributed by atoms with Crippen molar-refractivity contribution in [2.75, 3.05) is 33.7 Å². The summed E-state index contributed by atoms with van der Waals surface area (Å²) in [5.74, 6) is 0. The Morgan fingerprint density at radius 2 is 2.27 bits per heavy atom. The zero-order valence-electron chi connectivity index (χ0n) is 9.39. The van der Waals surface area contributed by atoms with Crippen LogP contribution in [0.3, 0.4) is 0 Å². The van der Waals surface area contributed by atoms with Crippen LogP contribution in [0.25, 0.3) is 0 Å². The van der Waals surface area contributed by atoms with Gasteiger partial charge in [0.15, 0.2) is 0 Å². The Balaban J connectivity index is 2.08. The first-order valence-corrected chi connectivity index (χ1v) is 5.35. The van der Waals surface area contributed by atoms with E-state index in [2.05, 4.69) is 23.9 Å². The average Bonchev–Trinajstić information content (AvgIpc) is 2.74. The van der Waals surface area contributed by atoms with Crippen LogP contribution in [0.1, 0.15) is 11.6 Å². The molecule has 0 saturated carbocycles. The lowest BCUT2D eigenvalue weighted by Crippen LogP contribution is -2.54. The van der Waals surface area contributed by atoms with E-state index < -0.39 is 0 Å². The third kappa shape index (κ3) is 2.22. The SMILES string of the molecule is CN1CCN(C)C(C(N)c2ccoc2)C1. The molecule has 4 heteroatoms. The predicted molar refractivity (Wildman–Crippen MR) is 59.6 cm³/mol. The third-order valence-corrected chi connectivity index (χ3v) is 3.24. The summed E-state index contributed by atoms with van der Waals surface area (Å²) in [7, 11) is 4.28. The minimum atomic E-state index is 0.0384. The fourth-order valence-electron chi connectivity index (χ4n) is 2.12. The van der Waals surface area contributed by atoms with E-state index in [0.717, 1.165) is 25.2 Å². The molecule has 0 aromatic carbocycles. The predicted octanol–water partition coefficient (Wildman–Crippen LogP) is 0.525. The lowest BCUT2D eigenvalue weighted by molar-refractivity contribution is 0.0973. The fraction of sp³-hybridized carbons (Fsp3) is 0.636. The zero-order chi connectivity index (χ0) is 10.8. The summed E-state index contributed by atoms with van der Waals surface area (Å²) < 4.78 is 5.08. The maximum Gasteiger partial charge on any atom is 0.0950 e. The van der Waals surface area contributed by atoms with Crippen molar-refractivity contribution < 1.29 is 4.42 Å². The summed E-state index contributed by atoms with van der Waals surface area (Å²) in [6, 6.07) is 2.37. The first-order valence-electron chi connectivity index (χ1n) is 5.35. The van der Waals surface area contributed by atoms with Crippen molar-refractivity contribution >= 4 is 0 Å². The number of piperazine rings is 1. The Morgan fingerprint density at radius 1 is 1.47 bits per heavy atom. The van der Waals surface area contributed by atoms with E-state index in [1.807, 2.05) is 6.07 Å². The van der Waals surface area contributed by atoms with Gasteiger partial charge in [0.25, 0.3) is 0 Å². The van der Waals surface area contributed by atoms with Gasteiger partial charge >= 0.3 is 0 Å². The summed E-state index contributed by atoms with van der Waals surface area (Å²) in [5.41, 5.74) is 7.32. The number of furan rings is 1. The van der Waals surface area contributed by atoms with Gasteiger partial charge in [-0.2, -0.15) is 0 Å². The molecular weight excluding hydrogens is 190 g/mol. The van der Waals surface area contributed by atoms with E-state index in [9.17, 15) is 0 Å². The van der Waals surface area contributed by atoms with Gasteiger partial charge in [-0.1, -0.05) is 0 Å². The van der Waals surface area contributed by atoms with Crippen LogP contribution < -0.4 is 5.73 Å². The second-order valence-electron chi connectivity index (χ2n) is 4.39. The average molecular weight is 209 g/mol. The van der Waals surface area contributed by atoms with Gasteiger partial charge in [-0.3, -0.25) is 4.90 Å². The molecule has 84 valence electrons. The highest BCUT2D eigenvalue weighted by Gasteiger charge is 2.28. The van der Waals surface area contributed by atoms with Crippen LogP contribution >= 0.6 is 0 Å². The normalized spacial score (nSPS) is 26.7. The third-order valence-electron chi connectivity index (χ3n) is 3.24. The number of nitrogens with two attached hydrogens (primary N) is 1. The lowest BCUT2D eigenvalue weighted by Gasteiger charge is -2.40. The number of nitrogens with zero attached hydrogens (tertiary/aromatic N) is 2. The van der Waals surface area contributed by atoms with Crippen molar-refractivity contribution in [3.05, 3.63) is 24.2 Å². The Bertz CT molecular complexity index is 299. The van der Waals surface area contributed by atoms with Crippen LogP contribution in [0, 0.1) is 0 Å². The standard InChI is InChI=1S/C11H19N3O/c1-13-4-5-14(2)10(7-13)11(12)9-3-6-15-8-9/h3,6,8,10-11H,4-5,7,12H2,1-2H3. The molecule has 0 radical (unpaired) electrons. The summed E-state index contributed by atoms with van der Waals surface area (Å²) in [4.78, 5) is 4.66. The largest absolute Gasteiger partial charge is 0.472 e. The van der Waals surface area contributed by atoms with Crippen LogP contribution in [0.2, 0.25) is 0 Å². The molecule has 4 nitrogen and oxygen atoms in total. The van der Waals surface area contributed by atoms with Gasteiger partial charge in [0.05, 0.1) is 12.5 Å². The molecule has 2 unspecified atom stereocenters. The number of hydrogen-bond acceptors (Lipinski definition) is 4. The summed E-state index contributed by atoms with van der Waals surface area (Å²) in [5, 5.41) is 0. The molecule has 1 aromatic heterocycles. The second-order valence-corrected chi connectivity index (χ2v) is 4.39. The van der Waals surface area contributed by atoms with Gasteiger partial charge in [-0.15, -0.1) is 0 Å². The van der Waals surface area contributed by atoms with Crippen molar-refractivity contribution in [3.8, 4) is 0 Å². The molecule has 0 bridgehead atoms. The van der Waals surface area contributed by atoms with Gasteiger partial charge in [0, 0.05) is 37.3 Å². The molecule has 0 aliphatic carbocycles. The Kier molecular flexibility index (Phi) is 3.09. The smallest absolute Gasteiger partial charge is 0.0950 e. The van der Waals surface area contributed by atoms with Crippen LogP contribution in [0.4, 0.5) is 0 Å².